The second-order valence-corrected chi connectivity index (χ2v) is 12.3. The molecule has 0 aromatic heterocycles. The third kappa shape index (κ3) is 5.08. The number of rotatable bonds is 12. The summed E-state index contributed by atoms with van der Waals surface area (Å²) in [5, 5.41) is 12.2. The van der Waals surface area contributed by atoms with E-state index in [1.165, 1.54) is 0 Å². The van der Waals surface area contributed by atoms with Crippen LogP contribution >= 0.6 is 11.8 Å². The number of morpholine rings is 1. The molecule has 2 N–H and O–H groups in total. The molecule has 4 aliphatic heterocycles. The maximum Gasteiger partial charge on any atom is 0.311 e. The molecule has 2 amide bonds. The van der Waals surface area contributed by atoms with Crippen LogP contribution in [0.1, 0.15) is 52.4 Å². The third-order valence-corrected chi connectivity index (χ3v) is 10.2. The van der Waals surface area contributed by atoms with Gasteiger partial charge in [-0.05, 0) is 39.5 Å². The van der Waals surface area contributed by atoms with Gasteiger partial charge in [-0.3, -0.25) is 19.3 Å². The largest absolute Gasteiger partial charge is 0.466 e. The van der Waals surface area contributed by atoms with Crippen molar-refractivity contribution in [3.05, 3.63) is 0 Å². The first-order valence-corrected chi connectivity index (χ1v) is 14.1. The molecule has 1 spiro atoms. The highest BCUT2D eigenvalue weighted by atomic mass is 32.2. The minimum Gasteiger partial charge on any atom is -0.466 e. The molecule has 4 saturated heterocycles. The molecule has 35 heavy (non-hydrogen) atoms. The summed E-state index contributed by atoms with van der Waals surface area (Å²) in [6.45, 7) is 9.22. The molecule has 4 aliphatic rings. The van der Waals surface area contributed by atoms with Gasteiger partial charge in [0.2, 0.25) is 11.8 Å². The van der Waals surface area contributed by atoms with Gasteiger partial charge in [-0.25, -0.2) is 0 Å². The van der Waals surface area contributed by atoms with E-state index in [1.54, 1.807) is 23.6 Å². The SMILES string of the molecule is CCOC(=O)[C@@H]1[C@H]2C(=O)N(CCCCCCO)C(C(=O)NCCN3CCOCC3)C23CC[C@@]1(C)S3. The van der Waals surface area contributed by atoms with Gasteiger partial charge in [0, 0.05) is 44.1 Å². The van der Waals surface area contributed by atoms with Gasteiger partial charge in [0.15, 0.2) is 0 Å². The van der Waals surface area contributed by atoms with E-state index in [0.29, 0.717) is 26.3 Å². The average Bonchev–Trinajstić information content (AvgIpc) is 3.40. The molecule has 0 radical (unpaired) electrons. The molecule has 198 valence electrons. The number of hydrogen-bond acceptors (Lipinski definition) is 8. The molecule has 0 saturated carbocycles. The lowest BCUT2D eigenvalue weighted by molar-refractivity contribution is -0.155. The molecule has 10 heteroatoms. The molecule has 0 aliphatic carbocycles. The highest BCUT2D eigenvalue weighted by Crippen LogP contribution is 2.71. The number of aliphatic hydroxyl groups is 1. The fourth-order valence-corrected chi connectivity index (χ4v) is 8.91. The van der Waals surface area contributed by atoms with E-state index >= 15 is 0 Å². The maximum absolute atomic E-state index is 13.9. The van der Waals surface area contributed by atoms with Crippen molar-refractivity contribution >= 4 is 29.5 Å². The summed E-state index contributed by atoms with van der Waals surface area (Å²) < 4.78 is 9.86. The zero-order valence-electron chi connectivity index (χ0n) is 21.1. The lowest BCUT2D eigenvalue weighted by atomic mass is 9.66. The fraction of sp³-hybridized carbons (Fsp3) is 0.880. The van der Waals surface area contributed by atoms with Crippen LogP contribution in [0.15, 0.2) is 0 Å². The molecule has 2 unspecified atom stereocenters. The number of carbonyl (C=O) groups excluding carboxylic acids is 3. The van der Waals surface area contributed by atoms with Crippen molar-refractivity contribution in [3.8, 4) is 0 Å². The van der Waals surface area contributed by atoms with Crippen LogP contribution in [0, 0.1) is 11.8 Å². The molecule has 4 heterocycles. The normalized spacial score (nSPS) is 34.3. The number of thioether (sulfide) groups is 1. The summed E-state index contributed by atoms with van der Waals surface area (Å²) in [7, 11) is 0. The van der Waals surface area contributed by atoms with Crippen LogP contribution in [-0.4, -0.2) is 107 Å². The molecule has 9 nitrogen and oxygen atoms in total. The number of fused-ring (bicyclic) bond motifs is 1. The van der Waals surface area contributed by atoms with Crippen molar-refractivity contribution < 1.29 is 29.0 Å². The van der Waals surface area contributed by atoms with Crippen molar-refractivity contribution in [3.63, 3.8) is 0 Å². The first-order chi connectivity index (χ1) is 16.9. The lowest BCUT2D eigenvalue weighted by Gasteiger charge is -2.34. The summed E-state index contributed by atoms with van der Waals surface area (Å²) in [5.41, 5.74) is 0. The van der Waals surface area contributed by atoms with Crippen LogP contribution in [0.5, 0.6) is 0 Å². The van der Waals surface area contributed by atoms with E-state index in [0.717, 1.165) is 58.2 Å². The number of unbranched alkanes of at least 4 members (excludes halogenated alkanes) is 3. The van der Waals surface area contributed by atoms with E-state index in [1.807, 2.05) is 0 Å². The molecule has 2 bridgehead atoms. The van der Waals surface area contributed by atoms with Gasteiger partial charge < -0.3 is 24.8 Å². The second kappa shape index (κ2) is 11.4. The Hall–Kier alpha value is -1.36. The van der Waals surface area contributed by atoms with Crippen LogP contribution < -0.4 is 5.32 Å². The Labute approximate surface area is 212 Å². The highest BCUT2D eigenvalue weighted by Gasteiger charge is 2.77. The Morgan fingerprint density at radius 3 is 2.63 bits per heavy atom. The molecular weight excluding hydrogens is 470 g/mol. The maximum atomic E-state index is 13.9. The number of esters is 1. The first-order valence-electron chi connectivity index (χ1n) is 13.2. The zero-order valence-corrected chi connectivity index (χ0v) is 21.9. The molecule has 4 rings (SSSR count). The van der Waals surface area contributed by atoms with Gasteiger partial charge in [0.05, 0.1) is 36.4 Å². The van der Waals surface area contributed by atoms with E-state index in [-0.39, 0.29) is 35.7 Å². The Morgan fingerprint density at radius 2 is 1.91 bits per heavy atom. The molecule has 0 aromatic carbocycles. The van der Waals surface area contributed by atoms with Gasteiger partial charge in [-0.2, -0.15) is 0 Å². The number of nitrogens with zero attached hydrogens (tertiary/aromatic N) is 2. The van der Waals surface area contributed by atoms with Crippen molar-refractivity contribution in [2.45, 2.75) is 67.9 Å². The Morgan fingerprint density at radius 1 is 1.17 bits per heavy atom. The van der Waals surface area contributed by atoms with E-state index in [9.17, 15) is 14.4 Å². The summed E-state index contributed by atoms with van der Waals surface area (Å²) in [5.74, 6) is -1.52. The number of amides is 2. The summed E-state index contributed by atoms with van der Waals surface area (Å²) in [4.78, 5) is 44.6. The van der Waals surface area contributed by atoms with Crippen molar-refractivity contribution in [2.75, 3.05) is 59.2 Å². The zero-order chi connectivity index (χ0) is 25.1. The number of likely N-dealkylation sites (tertiary alicyclic amines) is 1. The number of ether oxygens (including phenoxy) is 2. The predicted octanol–water partition coefficient (Wildman–Crippen LogP) is 1.03. The Balaban J connectivity index is 1.51. The van der Waals surface area contributed by atoms with E-state index in [2.05, 4.69) is 17.1 Å². The van der Waals surface area contributed by atoms with Crippen LogP contribution in [0.3, 0.4) is 0 Å². The second-order valence-electron chi connectivity index (χ2n) is 10.4. The number of aliphatic hydroxyl groups excluding tert-OH is 1. The van der Waals surface area contributed by atoms with E-state index in [4.69, 9.17) is 14.6 Å². The van der Waals surface area contributed by atoms with Gasteiger partial charge in [-0.15, -0.1) is 11.8 Å². The van der Waals surface area contributed by atoms with Crippen LogP contribution in [-0.2, 0) is 23.9 Å². The van der Waals surface area contributed by atoms with Crippen LogP contribution in [0.25, 0.3) is 0 Å². The van der Waals surface area contributed by atoms with Crippen LogP contribution in [0.2, 0.25) is 0 Å². The first kappa shape index (κ1) is 26.7. The van der Waals surface area contributed by atoms with Crippen LogP contribution in [0.4, 0.5) is 0 Å². The quantitative estimate of drug-likeness (QED) is 0.296. The predicted molar refractivity (Wildman–Crippen MR) is 133 cm³/mol. The van der Waals surface area contributed by atoms with Crippen molar-refractivity contribution in [2.24, 2.45) is 11.8 Å². The lowest BCUT2D eigenvalue weighted by Crippen LogP contribution is -2.54. The minimum atomic E-state index is -0.586. The summed E-state index contributed by atoms with van der Waals surface area (Å²) in [6.07, 6.45) is 4.85. The Bertz CT molecular complexity index is 793. The molecule has 4 fully saturated rings. The number of nitrogens with one attached hydrogen (secondary N) is 1. The summed E-state index contributed by atoms with van der Waals surface area (Å²) >= 11 is 1.68. The van der Waals surface area contributed by atoms with E-state index < -0.39 is 22.6 Å². The summed E-state index contributed by atoms with van der Waals surface area (Å²) in [6, 6.07) is -0.575. The molecule has 5 atom stereocenters. The van der Waals surface area contributed by atoms with Gasteiger partial charge in [0.1, 0.15) is 6.04 Å². The topological polar surface area (TPSA) is 108 Å². The minimum absolute atomic E-state index is 0.0746. The monoisotopic (exact) mass is 511 g/mol. The van der Waals surface area contributed by atoms with Gasteiger partial charge in [0.25, 0.3) is 0 Å². The third-order valence-electron chi connectivity index (χ3n) is 8.20. The van der Waals surface area contributed by atoms with Crippen molar-refractivity contribution in [1.82, 2.24) is 15.1 Å². The van der Waals surface area contributed by atoms with Gasteiger partial charge in [-0.1, -0.05) is 12.8 Å². The highest BCUT2D eigenvalue weighted by molar-refractivity contribution is 8.02. The standard InChI is InChI=1S/C25H41N3O6S/c1-3-34-23(32)19-18-22(31)28(11-6-4-5-7-15-29)20(25(18)9-8-24(19,2)35-25)21(30)26-10-12-27-13-16-33-17-14-27/h18-20,29H,3-17H2,1-2H3,(H,26,30)/t18-,19-,20?,24+,25?/m0/s1. The number of hydrogen-bond donors (Lipinski definition) is 2. The molecule has 0 aromatic rings. The van der Waals surface area contributed by atoms with Crippen molar-refractivity contribution in [1.29, 1.82) is 0 Å². The average molecular weight is 512 g/mol. The van der Waals surface area contributed by atoms with Gasteiger partial charge >= 0.3 is 5.97 Å². The fourth-order valence-electron chi connectivity index (χ4n) is 6.56. The number of carbonyl (C=O) groups is 3. The Kier molecular flexibility index (Phi) is 8.66. The molecular formula is C25H41N3O6S. The smallest absolute Gasteiger partial charge is 0.311 e.